The molecule has 0 aromatic rings. The predicted octanol–water partition coefficient (Wildman–Crippen LogP) is 0.498. The van der Waals surface area contributed by atoms with Gasteiger partial charge in [0, 0.05) is 6.20 Å². The highest BCUT2D eigenvalue weighted by molar-refractivity contribution is 6.31. The van der Waals surface area contributed by atoms with Crippen LogP contribution in [0.4, 0.5) is 0 Å². The van der Waals surface area contributed by atoms with Crippen molar-refractivity contribution in [1.82, 2.24) is 0 Å². The molecule has 0 aliphatic carbocycles. The molecule has 0 atom stereocenters. The predicted molar refractivity (Wildman–Crippen MR) is 31.5 cm³/mol. The fourth-order valence-electron chi connectivity index (χ4n) is 0.147. The minimum absolute atomic E-state index is 0.447. The Bertz CT molecular complexity index is 95.9. The van der Waals surface area contributed by atoms with E-state index < -0.39 is 0 Å². The van der Waals surface area contributed by atoms with Crippen LogP contribution in [0.3, 0.4) is 0 Å². The second kappa shape index (κ2) is 3.56. The van der Waals surface area contributed by atoms with Crippen molar-refractivity contribution in [3.63, 3.8) is 0 Å². The summed E-state index contributed by atoms with van der Waals surface area (Å²) in [4.78, 5) is 0. The lowest BCUT2D eigenvalue weighted by Gasteiger charge is -1.78. The molecule has 3 heteroatoms. The summed E-state index contributed by atoms with van der Waals surface area (Å²) < 4.78 is 0. The molecule has 0 bridgehead atoms. The summed E-state index contributed by atoms with van der Waals surface area (Å²) in [7, 11) is 0. The molecular formula is C4H7ClN2. The van der Waals surface area contributed by atoms with Gasteiger partial charge in [-0.1, -0.05) is 11.6 Å². The molecule has 0 heterocycles. The van der Waals surface area contributed by atoms with Gasteiger partial charge in [-0.2, -0.15) is 0 Å². The van der Waals surface area contributed by atoms with Gasteiger partial charge in [-0.25, -0.2) is 0 Å². The van der Waals surface area contributed by atoms with Gasteiger partial charge in [-0.15, -0.1) is 0 Å². The molecule has 0 aromatic carbocycles. The molecule has 0 rings (SSSR count). The van der Waals surface area contributed by atoms with Crippen molar-refractivity contribution in [2.75, 3.05) is 0 Å². The second-order valence-electron chi connectivity index (χ2n) is 0.911. The van der Waals surface area contributed by atoms with Crippen molar-refractivity contribution in [2.24, 2.45) is 11.5 Å². The first-order valence-electron chi connectivity index (χ1n) is 1.77. The lowest BCUT2D eigenvalue weighted by molar-refractivity contribution is 1.54. The van der Waals surface area contributed by atoms with E-state index in [4.69, 9.17) is 23.1 Å². The molecule has 0 aliphatic rings. The summed E-state index contributed by atoms with van der Waals surface area (Å²) in [5.41, 5.74) is 9.90. The zero-order valence-electron chi connectivity index (χ0n) is 3.76. The molecule has 0 spiro atoms. The number of rotatable bonds is 1. The third-order valence-corrected chi connectivity index (χ3v) is 0.667. The van der Waals surface area contributed by atoms with E-state index in [1.807, 2.05) is 0 Å². The summed E-state index contributed by atoms with van der Waals surface area (Å²) in [5, 5.41) is 0.447. The van der Waals surface area contributed by atoms with Crippen molar-refractivity contribution in [3.05, 3.63) is 23.5 Å². The van der Waals surface area contributed by atoms with E-state index >= 15 is 0 Å². The Morgan fingerprint density at radius 2 is 2.00 bits per heavy atom. The average Bonchev–Trinajstić information content (AvgIpc) is 1.68. The maximum Gasteiger partial charge on any atom is 0.0574 e. The molecule has 7 heavy (non-hydrogen) atoms. The first-order valence-corrected chi connectivity index (χ1v) is 2.14. The van der Waals surface area contributed by atoms with Crippen molar-refractivity contribution < 1.29 is 0 Å². The van der Waals surface area contributed by atoms with Crippen molar-refractivity contribution >= 4 is 11.6 Å². The molecule has 0 fully saturated rings. The monoisotopic (exact) mass is 118 g/mol. The van der Waals surface area contributed by atoms with E-state index in [0.717, 1.165) is 0 Å². The normalized spacial score (nSPS) is 13.0. The number of allylic oxidation sites excluding steroid dienone is 2. The number of hydrogen-bond acceptors (Lipinski definition) is 2. The fourth-order valence-corrected chi connectivity index (χ4v) is 0.220. The second-order valence-corrected chi connectivity index (χ2v) is 1.35. The van der Waals surface area contributed by atoms with Crippen LogP contribution >= 0.6 is 11.6 Å². The summed E-state index contributed by atoms with van der Waals surface area (Å²) in [6.45, 7) is 0. The van der Waals surface area contributed by atoms with E-state index in [1.165, 1.54) is 18.5 Å². The van der Waals surface area contributed by atoms with Gasteiger partial charge >= 0.3 is 0 Å². The average molecular weight is 119 g/mol. The van der Waals surface area contributed by atoms with E-state index in [2.05, 4.69) is 0 Å². The fraction of sp³-hybridized carbons (Fsp3) is 0. The molecular weight excluding hydrogens is 112 g/mol. The topological polar surface area (TPSA) is 52.0 Å². The molecule has 0 amide bonds. The molecule has 4 N–H and O–H groups in total. The van der Waals surface area contributed by atoms with Crippen LogP contribution in [0.5, 0.6) is 0 Å². The minimum Gasteiger partial charge on any atom is -0.405 e. The maximum absolute atomic E-state index is 5.33. The summed E-state index contributed by atoms with van der Waals surface area (Å²) >= 11 is 5.33. The largest absolute Gasteiger partial charge is 0.405 e. The van der Waals surface area contributed by atoms with Crippen LogP contribution in [0.25, 0.3) is 0 Å². The molecule has 40 valence electrons. The minimum atomic E-state index is 0.447. The smallest absolute Gasteiger partial charge is 0.0574 e. The Morgan fingerprint density at radius 1 is 1.43 bits per heavy atom. The summed E-state index contributed by atoms with van der Waals surface area (Å²) in [6, 6.07) is 0. The molecule has 0 aliphatic heterocycles. The zero-order valence-corrected chi connectivity index (χ0v) is 4.52. The van der Waals surface area contributed by atoms with Gasteiger partial charge < -0.3 is 11.5 Å². The van der Waals surface area contributed by atoms with E-state index in [0.29, 0.717) is 5.03 Å². The highest BCUT2D eigenvalue weighted by Crippen LogP contribution is 1.96. The third kappa shape index (κ3) is 3.19. The van der Waals surface area contributed by atoms with Gasteiger partial charge in [0.05, 0.1) is 5.03 Å². The molecule has 2 nitrogen and oxygen atoms in total. The van der Waals surface area contributed by atoms with Crippen LogP contribution in [0, 0.1) is 0 Å². The molecule has 0 aromatic heterocycles. The van der Waals surface area contributed by atoms with Crippen molar-refractivity contribution in [1.29, 1.82) is 0 Å². The van der Waals surface area contributed by atoms with Gasteiger partial charge in [-0.05, 0) is 12.3 Å². The highest BCUT2D eigenvalue weighted by atomic mass is 35.5. The lowest BCUT2D eigenvalue weighted by Crippen LogP contribution is -1.80. The van der Waals surface area contributed by atoms with Gasteiger partial charge in [0.15, 0.2) is 0 Å². The van der Waals surface area contributed by atoms with Crippen molar-refractivity contribution in [2.45, 2.75) is 0 Å². The summed E-state index contributed by atoms with van der Waals surface area (Å²) in [5.74, 6) is 0. The SMILES string of the molecule is N/C=C\C(Cl)=C/N. The molecule has 0 saturated carbocycles. The van der Waals surface area contributed by atoms with Crippen LogP contribution in [0.1, 0.15) is 0 Å². The number of halogens is 1. The third-order valence-electron chi connectivity index (χ3n) is 0.415. The Kier molecular flexibility index (Phi) is 3.24. The van der Waals surface area contributed by atoms with Crippen LogP contribution in [0.15, 0.2) is 23.5 Å². The van der Waals surface area contributed by atoms with E-state index in [-0.39, 0.29) is 0 Å². The van der Waals surface area contributed by atoms with Gasteiger partial charge in [-0.3, -0.25) is 0 Å². The Labute approximate surface area is 47.4 Å². The quantitative estimate of drug-likeness (QED) is 0.493. The Morgan fingerprint density at radius 3 is 2.14 bits per heavy atom. The van der Waals surface area contributed by atoms with Gasteiger partial charge in [0.2, 0.25) is 0 Å². The van der Waals surface area contributed by atoms with Crippen LogP contribution in [0.2, 0.25) is 0 Å². The maximum atomic E-state index is 5.33. The first kappa shape index (κ1) is 6.37. The van der Waals surface area contributed by atoms with Crippen LogP contribution in [-0.2, 0) is 0 Å². The lowest BCUT2D eigenvalue weighted by atomic mass is 10.6. The molecule has 0 saturated heterocycles. The van der Waals surface area contributed by atoms with E-state index in [1.54, 1.807) is 0 Å². The van der Waals surface area contributed by atoms with Crippen molar-refractivity contribution in [3.8, 4) is 0 Å². The standard InChI is InChI=1S/C4H7ClN2/c5-4(3-7)1-2-6/h1-3H,6-7H2/b2-1-,4-3+. The Balaban J connectivity index is 3.58. The Hall–Kier alpha value is -0.630. The zero-order chi connectivity index (χ0) is 5.70. The van der Waals surface area contributed by atoms with Crippen LogP contribution in [-0.4, -0.2) is 0 Å². The summed E-state index contributed by atoms with van der Waals surface area (Å²) in [6.07, 6.45) is 4.10. The molecule has 0 unspecified atom stereocenters. The highest BCUT2D eigenvalue weighted by Gasteiger charge is 1.74. The van der Waals surface area contributed by atoms with Crippen LogP contribution < -0.4 is 11.5 Å². The molecule has 0 radical (unpaired) electrons. The first-order chi connectivity index (χ1) is 3.31. The number of hydrogen-bond donors (Lipinski definition) is 2. The van der Waals surface area contributed by atoms with Gasteiger partial charge in [0.25, 0.3) is 0 Å². The van der Waals surface area contributed by atoms with E-state index in [9.17, 15) is 0 Å². The number of nitrogens with two attached hydrogens (primary N) is 2. The van der Waals surface area contributed by atoms with Gasteiger partial charge in [0.1, 0.15) is 0 Å².